The molecule has 0 spiro atoms. The molecule has 0 atom stereocenters. The van der Waals surface area contributed by atoms with Crippen molar-refractivity contribution in [2.24, 2.45) is 0 Å². The minimum atomic E-state index is 0.207. The van der Waals surface area contributed by atoms with Gasteiger partial charge in [-0.25, -0.2) is 4.98 Å². The van der Waals surface area contributed by atoms with E-state index in [1.807, 2.05) is 4.90 Å². The van der Waals surface area contributed by atoms with Gasteiger partial charge in [0.05, 0.1) is 5.75 Å². The topological polar surface area (TPSA) is 73.4 Å². The molecule has 3 heterocycles. The standard InChI is InChI=1S/C17H22N4OS2/c18-15-14-11-6-2-3-7-12(11)24-16(14)20-17(19-15)23-10-13(22)21-8-4-1-5-9-21/h1-10H2,(H2,18,19,20)/p+1. The Bertz CT molecular complexity index is 768. The van der Waals surface area contributed by atoms with Crippen LogP contribution in [0, 0.1) is 0 Å². The molecule has 1 amide bonds. The van der Waals surface area contributed by atoms with Gasteiger partial charge in [0.2, 0.25) is 5.91 Å². The van der Waals surface area contributed by atoms with Crippen LogP contribution in [0.3, 0.4) is 0 Å². The number of piperidine rings is 1. The zero-order valence-electron chi connectivity index (χ0n) is 13.8. The second kappa shape index (κ2) is 6.88. The predicted octanol–water partition coefficient (Wildman–Crippen LogP) is 2.68. The van der Waals surface area contributed by atoms with Crippen LogP contribution in [0.1, 0.15) is 42.5 Å². The maximum atomic E-state index is 12.3. The second-order valence-electron chi connectivity index (χ2n) is 6.57. The van der Waals surface area contributed by atoms with Gasteiger partial charge in [-0.2, -0.15) is 0 Å². The van der Waals surface area contributed by atoms with E-state index in [1.165, 1.54) is 41.5 Å². The Morgan fingerprint density at radius 2 is 2.00 bits per heavy atom. The van der Waals surface area contributed by atoms with Crippen molar-refractivity contribution < 1.29 is 9.78 Å². The van der Waals surface area contributed by atoms with Crippen LogP contribution in [-0.2, 0) is 17.6 Å². The van der Waals surface area contributed by atoms with Crippen molar-refractivity contribution in [3.63, 3.8) is 0 Å². The summed E-state index contributed by atoms with van der Waals surface area (Å²) in [6.07, 6.45) is 8.24. The summed E-state index contributed by atoms with van der Waals surface area (Å²) in [5.74, 6) is 1.25. The van der Waals surface area contributed by atoms with Crippen molar-refractivity contribution in [1.82, 2.24) is 9.88 Å². The number of likely N-dealkylation sites (tertiary alicyclic amines) is 1. The van der Waals surface area contributed by atoms with E-state index in [1.54, 1.807) is 11.3 Å². The molecule has 1 aliphatic carbocycles. The number of nitrogens with one attached hydrogen (secondary N) is 1. The quantitative estimate of drug-likeness (QED) is 0.672. The van der Waals surface area contributed by atoms with Crippen molar-refractivity contribution in [1.29, 1.82) is 0 Å². The van der Waals surface area contributed by atoms with Crippen molar-refractivity contribution >= 4 is 45.0 Å². The zero-order valence-corrected chi connectivity index (χ0v) is 15.4. The molecule has 1 saturated heterocycles. The predicted molar refractivity (Wildman–Crippen MR) is 98.4 cm³/mol. The van der Waals surface area contributed by atoms with Crippen molar-refractivity contribution in [3.8, 4) is 0 Å². The van der Waals surface area contributed by atoms with Gasteiger partial charge in [0, 0.05) is 18.0 Å². The van der Waals surface area contributed by atoms with Gasteiger partial charge in [-0.05, 0) is 67.3 Å². The molecule has 3 N–H and O–H groups in total. The molecule has 1 fully saturated rings. The normalized spacial score (nSPS) is 17.9. The van der Waals surface area contributed by atoms with E-state index in [2.05, 4.69) is 9.97 Å². The summed E-state index contributed by atoms with van der Waals surface area (Å²) >= 11 is 3.27. The molecular weight excluding hydrogens is 340 g/mol. The van der Waals surface area contributed by atoms with E-state index in [9.17, 15) is 4.79 Å². The minimum Gasteiger partial charge on any atom is -0.362 e. The van der Waals surface area contributed by atoms with Crippen LogP contribution in [0.25, 0.3) is 10.2 Å². The number of carbonyl (C=O) groups is 1. The average Bonchev–Trinajstić information content (AvgIpc) is 2.99. The number of nitrogen functional groups attached to an aromatic ring is 1. The Morgan fingerprint density at radius 3 is 2.83 bits per heavy atom. The number of H-pyrrole nitrogens is 1. The number of rotatable bonds is 3. The number of thiophene rings is 1. The van der Waals surface area contributed by atoms with Gasteiger partial charge in [0.25, 0.3) is 5.82 Å². The van der Waals surface area contributed by atoms with Gasteiger partial charge in [0.1, 0.15) is 5.39 Å². The number of nitrogens with zero attached hydrogens (tertiary/aromatic N) is 2. The molecule has 24 heavy (non-hydrogen) atoms. The summed E-state index contributed by atoms with van der Waals surface area (Å²) in [6.45, 7) is 1.80. The van der Waals surface area contributed by atoms with E-state index in [4.69, 9.17) is 5.73 Å². The molecule has 0 aromatic carbocycles. The lowest BCUT2D eigenvalue weighted by Gasteiger charge is -2.26. The lowest BCUT2D eigenvalue weighted by Crippen LogP contribution is -2.36. The van der Waals surface area contributed by atoms with E-state index in [0.717, 1.165) is 54.1 Å². The van der Waals surface area contributed by atoms with Crippen LogP contribution in [0.4, 0.5) is 5.82 Å². The van der Waals surface area contributed by atoms with Crippen LogP contribution in [-0.4, -0.2) is 34.6 Å². The molecule has 2 aliphatic rings. The number of aryl methyl sites for hydroxylation is 2. The molecule has 128 valence electrons. The maximum Gasteiger partial charge on any atom is 0.361 e. The fourth-order valence-corrected chi connectivity index (χ4v) is 5.79. The number of nitrogens with two attached hydrogens (primary N) is 1. The van der Waals surface area contributed by atoms with Crippen molar-refractivity contribution in [2.75, 3.05) is 24.6 Å². The van der Waals surface area contributed by atoms with Gasteiger partial charge in [0.15, 0.2) is 4.83 Å². The Morgan fingerprint density at radius 1 is 1.21 bits per heavy atom. The van der Waals surface area contributed by atoms with Gasteiger partial charge in [-0.15, -0.1) is 0 Å². The molecule has 1 aliphatic heterocycles. The summed E-state index contributed by atoms with van der Waals surface area (Å²) in [4.78, 5) is 24.8. The Kier molecular flexibility index (Phi) is 4.63. The van der Waals surface area contributed by atoms with E-state index in [0.29, 0.717) is 11.6 Å². The lowest BCUT2D eigenvalue weighted by molar-refractivity contribution is -0.399. The summed E-state index contributed by atoms with van der Waals surface area (Å²) in [7, 11) is 0. The monoisotopic (exact) mass is 363 g/mol. The molecule has 0 unspecified atom stereocenters. The fraction of sp³-hybridized carbons (Fsp3) is 0.588. The Hall–Kier alpha value is -1.34. The molecule has 0 radical (unpaired) electrons. The molecular formula is C17H23N4OS2+. The average molecular weight is 364 g/mol. The maximum absolute atomic E-state index is 12.3. The summed E-state index contributed by atoms with van der Waals surface area (Å²) < 4.78 is 0. The summed E-state index contributed by atoms with van der Waals surface area (Å²) in [5.41, 5.74) is 7.63. The molecule has 5 nitrogen and oxygen atoms in total. The number of hydrogen-bond donors (Lipinski definition) is 1. The first kappa shape index (κ1) is 16.1. The van der Waals surface area contributed by atoms with E-state index >= 15 is 0 Å². The number of fused-ring (bicyclic) bond motifs is 3. The number of hydrogen-bond acceptors (Lipinski definition) is 5. The van der Waals surface area contributed by atoms with Crippen molar-refractivity contribution in [3.05, 3.63) is 10.4 Å². The Labute approximate surface area is 150 Å². The number of anilines is 1. The molecule has 4 rings (SSSR count). The van der Waals surface area contributed by atoms with Gasteiger partial charge in [-0.1, -0.05) is 11.3 Å². The first-order chi connectivity index (χ1) is 11.7. The first-order valence-electron chi connectivity index (χ1n) is 8.76. The van der Waals surface area contributed by atoms with Gasteiger partial charge >= 0.3 is 5.16 Å². The first-order valence-corrected chi connectivity index (χ1v) is 10.6. The lowest BCUT2D eigenvalue weighted by atomic mass is 9.97. The zero-order chi connectivity index (χ0) is 16.5. The number of thioether (sulfide) groups is 1. The van der Waals surface area contributed by atoms with Gasteiger partial charge in [-0.3, -0.25) is 4.79 Å². The fourth-order valence-electron chi connectivity index (χ4n) is 3.65. The highest BCUT2D eigenvalue weighted by Gasteiger charge is 2.25. The summed E-state index contributed by atoms with van der Waals surface area (Å²) in [5, 5.41) is 1.87. The number of amides is 1. The second-order valence-corrected chi connectivity index (χ2v) is 8.64. The van der Waals surface area contributed by atoms with Crippen LogP contribution >= 0.6 is 23.1 Å². The Balaban J connectivity index is 1.51. The highest BCUT2D eigenvalue weighted by atomic mass is 32.2. The molecule has 0 bridgehead atoms. The van der Waals surface area contributed by atoms with Crippen LogP contribution in [0.2, 0.25) is 0 Å². The van der Waals surface area contributed by atoms with Crippen LogP contribution < -0.4 is 10.7 Å². The molecule has 0 saturated carbocycles. The molecule has 2 aromatic heterocycles. The number of aromatic amines is 1. The third-order valence-electron chi connectivity index (χ3n) is 4.91. The third-order valence-corrected chi connectivity index (χ3v) is 6.98. The molecule has 2 aromatic rings. The highest BCUT2D eigenvalue weighted by molar-refractivity contribution is 7.99. The number of carbonyl (C=O) groups excluding carboxylic acids is 1. The van der Waals surface area contributed by atoms with Crippen LogP contribution in [0.15, 0.2) is 5.16 Å². The van der Waals surface area contributed by atoms with E-state index < -0.39 is 0 Å². The van der Waals surface area contributed by atoms with Crippen molar-refractivity contribution in [2.45, 2.75) is 50.1 Å². The summed E-state index contributed by atoms with van der Waals surface area (Å²) in [6, 6.07) is 0. The van der Waals surface area contributed by atoms with Crippen LogP contribution in [0.5, 0.6) is 0 Å². The molecule has 7 heteroatoms. The van der Waals surface area contributed by atoms with E-state index in [-0.39, 0.29) is 5.91 Å². The number of aromatic nitrogens is 2. The minimum absolute atomic E-state index is 0.207. The third kappa shape index (κ3) is 3.11. The largest absolute Gasteiger partial charge is 0.362 e. The smallest absolute Gasteiger partial charge is 0.361 e. The highest BCUT2D eigenvalue weighted by Crippen LogP contribution is 2.37. The SMILES string of the molecule is Nc1nc(SCC(=O)N2CCCCC2)[nH+]c2sc3c(c12)CCCC3. The van der Waals surface area contributed by atoms with Gasteiger partial charge < -0.3 is 10.6 Å².